The summed E-state index contributed by atoms with van der Waals surface area (Å²) < 4.78 is 0. The molecule has 38 heavy (non-hydrogen) atoms. The quantitative estimate of drug-likeness (QED) is 0.134. The maximum absolute atomic E-state index is 12.0. The number of nitrogens with one attached hydrogen (secondary N) is 1. The molecule has 2 N–H and O–H groups in total. The number of carboxylic acids is 1. The van der Waals surface area contributed by atoms with Crippen molar-refractivity contribution in [1.82, 2.24) is 9.97 Å². The number of anilines is 1. The Morgan fingerprint density at radius 3 is 1.95 bits per heavy atom. The summed E-state index contributed by atoms with van der Waals surface area (Å²) >= 11 is 1.30. The zero-order valence-corrected chi connectivity index (χ0v) is 21.1. The molecule has 2 heterocycles. The van der Waals surface area contributed by atoms with Gasteiger partial charge >= 0.3 is 5.97 Å². The first-order valence-electron chi connectivity index (χ1n) is 11.9. The van der Waals surface area contributed by atoms with Gasteiger partial charge in [0.05, 0.1) is 0 Å². The Morgan fingerprint density at radius 2 is 1.45 bits per heavy atom. The maximum Gasteiger partial charge on any atom is 0.360 e. The fourth-order valence-electron chi connectivity index (χ4n) is 4.23. The van der Waals surface area contributed by atoms with Crippen LogP contribution in [0.1, 0.15) is 27.9 Å². The van der Waals surface area contributed by atoms with Gasteiger partial charge in [-0.05, 0) is 22.8 Å². The van der Waals surface area contributed by atoms with Crippen molar-refractivity contribution in [3.05, 3.63) is 149 Å². The Kier molecular flexibility index (Phi) is 7.52. The lowest BCUT2D eigenvalue weighted by molar-refractivity contribution is -0.129. The van der Waals surface area contributed by atoms with Crippen LogP contribution in [-0.2, 0) is 21.8 Å². The number of nitrogens with zero attached hydrogens (tertiary/aromatic N) is 3. The number of oxime groups is 1. The third-order valence-corrected chi connectivity index (χ3v) is 6.73. The van der Waals surface area contributed by atoms with Crippen molar-refractivity contribution in [2.75, 3.05) is 5.32 Å². The fraction of sp³-hybridized carbons (Fsp3) is 0.0667. The molecule has 3 aromatic carbocycles. The minimum atomic E-state index is -1.23. The zero-order chi connectivity index (χ0) is 26.2. The second-order valence-corrected chi connectivity index (χ2v) is 9.25. The van der Waals surface area contributed by atoms with Gasteiger partial charge < -0.3 is 15.3 Å². The Hall–Kier alpha value is -4.82. The highest BCUT2D eigenvalue weighted by molar-refractivity contribution is 7.14. The van der Waals surface area contributed by atoms with Gasteiger partial charge in [0, 0.05) is 23.3 Å². The molecule has 0 aliphatic heterocycles. The van der Waals surface area contributed by atoms with E-state index < -0.39 is 11.5 Å². The first kappa shape index (κ1) is 24.9. The average molecular weight is 521 g/mol. The molecule has 0 aliphatic rings. The Labute approximate surface area is 224 Å². The number of carboxylic acid groups (broad SMARTS) is 1. The first-order chi connectivity index (χ1) is 18.7. The van der Waals surface area contributed by atoms with Gasteiger partial charge in [-0.3, -0.25) is 4.98 Å². The minimum absolute atomic E-state index is 0.0962. The summed E-state index contributed by atoms with van der Waals surface area (Å²) in [6.45, 7) is 0.0962. The molecule has 7 nitrogen and oxygen atoms in total. The smallest absolute Gasteiger partial charge is 0.360 e. The van der Waals surface area contributed by atoms with Crippen LogP contribution in [0.25, 0.3) is 0 Å². The summed E-state index contributed by atoms with van der Waals surface area (Å²) in [5.74, 6) is -1.23. The molecule has 0 atom stereocenters. The Balaban J connectivity index is 1.53. The van der Waals surface area contributed by atoms with E-state index in [-0.39, 0.29) is 18.0 Å². The molecule has 0 spiro atoms. The SMILES string of the molecule is O=C(O)/C(=N/OCc1cccnc1)c1csc(NC(c2ccccc2)(c2ccccc2)c2ccccc2)n1. The number of carbonyl (C=O) groups is 1. The third-order valence-electron chi connectivity index (χ3n) is 5.97. The molecule has 0 aliphatic carbocycles. The summed E-state index contributed by atoms with van der Waals surface area (Å²) in [6.07, 6.45) is 3.29. The normalized spacial score (nSPS) is 11.6. The van der Waals surface area contributed by atoms with Crippen LogP contribution in [0.15, 0.2) is 126 Å². The van der Waals surface area contributed by atoms with E-state index in [1.165, 1.54) is 11.3 Å². The molecule has 5 rings (SSSR count). The van der Waals surface area contributed by atoms with E-state index >= 15 is 0 Å². The first-order valence-corrected chi connectivity index (χ1v) is 12.8. The van der Waals surface area contributed by atoms with Gasteiger partial charge in [-0.1, -0.05) is 102 Å². The van der Waals surface area contributed by atoms with Crippen LogP contribution in [-0.4, -0.2) is 26.8 Å². The van der Waals surface area contributed by atoms with Crippen LogP contribution in [0, 0.1) is 0 Å². The van der Waals surface area contributed by atoms with Gasteiger partial charge in [-0.15, -0.1) is 11.3 Å². The highest BCUT2D eigenvalue weighted by Gasteiger charge is 2.37. The highest BCUT2D eigenvalue weighted by Crippen LogP contribution is 2.40. The largest absolute Gasteiger partial charge is 0.476 e. The van der Waals surface area contributed by atoms with Crippen molar-refractivity contribution < 1.29 is 14.7 Å². The van der Waals surface area contributed by atoms with E-state index in [0.717, 1.165) is 22.3 Å². The van der Waals surface area contributed by atoms with Crippen LogP contribution in [0.2, 0.25) is 0 Å². The summed E-state index contributed by atoms with van der Waals surface area (Å²) in [5, 5.41) is 19.5. The standard InChI is InChI=1S/C30H24N4O3S/c35-28(36)27(34-37-20-22-11-10-18-31-19-22)26-21-38-29(32-26)33-30(23-12-4-1-5-13-23,24-14-6-2-7-15-24)25-16-8-3-9-17-25/h1-19,21H,20H2,(H,32,33)(H,35,36)/b34-27+. The second-order valence-electron chi connectivity index (χ2n) is 8.39. The molecular formula is C30H24N4O3S. The molecule has 0 radical (unpaired) electrons. The molecule has 0 amide bonds. The molecule has 2 aromatic heterocycles. The molecule has 0 saturated heterocycles. The molecular weight excluding hydrogens is 496 g/mol. The molecule has 0 unspecified atom stereocenters. The number of hydrogen-bond acceptors (Lipinski definition) is 7. The number of aliphatic carboxylic acids is 1. The summed E-state index contributed by atoms with van der Waals surface area (Å²) in [4.78, 5) is 26.0. The predicted octanol–water partition coefficient (Wildman–Crippen LogP) is 5.95. The Bertz CT molecular complexity index is 1410. The second kappa shape index (κ2) is 11.5. The van der Waals surface area contributed by atoms with E-state index in [2.05, 4.69) is 56.8 Å². The van der Waals surface area contributed by atoms with Crippen molar-refractivity contribution in [3.63, 3.8) is 0 Å². The van der Waals surface area contributed by atoms with Crippen molar-refractivity contribution in [2.24, 2.45) is 5.16 Å². The van der Waals surface area contributed by atoms with Crippen LogP contribution < -0.4 is 5.32 Å². The maximum atomic E-state index is 12.0. The number of pyridine rings is 1. The van der Waals surface area contributed by atoms with Crippen LogP contribution >= 0.6 is 11.3 Å². The average Bonchev–Trinajstić information content (AvgIpc) is 3.43. The number of benzene rings is 3. The van der Waals surface area contributed by atoms with E-state index in [4.69, 9.17) is 4.84 Å². The van der Waals surface area contributed by atoms with Crippen molar-refractivity contribution in [2.45, 2.75) is 12.1 Å². The van der Waals surface area contributed by atoms with Gasteiger partial charge in [0.2, 0.25) is 5.71 Å². The topological polar surface area (TPSA) is 96.7 Å². The van der Waals surface area contributed by atoms with Crippen molar-refractivity contribution in [3.8, 4) is 0 Å². The Morgan fingerprint density at radius 1 is 0.868 bits per heavy atom. The fourth-order valence-corrected chi connectivity index (χ4v) is 4.98. The van der Waals surface area contributed by atoms with Crippen molar-refractivity contribution >= 4 is 28.1 Å². The van der Waals surface area contributed by atoms with Gasteiger partial charge in [0.15, 0.2) is 5.13 Å². The van der Waals surface area contributed by atoms with E-state index in [1.807, 2.05) is 60.7 Å². The molecule has 0 saturated carbocycles. The summed E-state index contributed by atoms with van der Waals surface area (Å²) in [6, 6.07) is 33.9. The van der Waals surface area contributed by atoms with Crippen molar-refractivity contribution in [1.29, 1.82) is 0 Å². The predicted molar refractivity (Wildman–Crippen MR) is 148 cm³/mol. The number of hydrogen-bond donors (Lipinski definition) is 2. The monoisotopic (exact) mass is 520 g/mol. The minimum Gasteiger partial charge on any atom is -0.476 e. The molecule has 188 valence electrons. The van der Waals surface area contributed by atoms with E-state index in [9.17, 15) is 9.90 Å². The van der Waals surface area contributed by atoms with Gasteiger partial charge in [0.1, 0.15) is 17.8 Å². The van der Waals surface area contributed by atoms with Crippen LogP contribution in [0.5, 0.6) is 0 Å². The molecule has 0 fully saturated rings. The van der Waals surface area contributed by atoms with Crippen LogP contribution in [0.4, 0.5) is 5.13 Å². The highest BCUT2D eigenvalue weighted by atomic mass is 32.1. The molecule has 0 bridgehead atoms. The molecule has 8 heteroatoms. The van der Waals surface area contributed by atoms with E-state index in [0.29, 0.717) is 5.13 Å². The van der Waals surface area contributed by atoms with E-state index in [1.54, 1.807) is 23.8 Å². The lowest BCUT2D eigenvalue weighted by Gasteiger charge is -2.36. The number of aromatic nitrogens is 2. The number of rotatable bonds is 10. The summed E-state index contributed by atoms with van der Waals surface area (Å²) in [5.41, 5.74) is 2.97. The lowest BCUT2D eigenvalue weighted by atomic mass is 9.77. The summed E-state index contributed by atoms with van der Waals surface area (Å²) in [7, 11) is 0. The lowest BCUT2D eigenvalue weighted by Crippen LogP contribution is -2.38. The van der Waals surface area contributed by atoms with Gasteiger partial charge in [-0.2, -0.15) is 0 Å². The molecule has 5 aromatic rings. The third kappa shape index (κ3) is 5.30. The van der Waals surface area contributed by atoms with Gasteiger partial charge in [-0.25, -0.2) is 9.78 Å². The number of thiazole rings is 1. The van der Waals surface area contributed by atoms with Crippen LogP contribution in [0.3, 0.4) is 0 Å². The zero-order valence-electron chi connectivity index (χ0n) is 20.3. The van der Waals surface area contributed by atoms with Gasteiger partial charge in [0.25, 0.3) is 0 Å².